The lowest BCUT2D eigenvalue weighted by atomic mass is 10.1. The third-order valence-electron chi connectivity index (χ3n) is 10.9. The summed E-state index contributed by atoms with van der Waals surface area (Å²) in [5, 5.41) is 0. The van der Waals surface area contributed by atoms with Crippen LogP contribution in [-0.4, -0.2) is 37.2 Å². The molecule has 0 amide bonds. The van der Waals surface area contributed by atoms with Gasteiger partial charge in [0.15, 0.2) is 6.10 Å². The molecule has 63 heavy (non-hydrogen) atoms. The van der Waals surface area contributed by atoms with Crippen molar-refractivity contribution in [3.63, 3.8) is 0 Å². The van der Waals surface area contributed by atoms with Crippen molar-refractivity contribution in [1.82, 2.24) is 0 Å². The highest BCUT2D eigenvalue weighted by Gasteiger charge is 2.19. The summed E-state index contributed by atoms with van der Waals surface area (Å²) >= 11 is 0. The normalized spacial score (nSPS) is 12.7. The van der Waals surface area contributed by atoms with Crippen molar-refractivity contribution < 1.29 is 28.6 Å². The zero-order valence-electron chi connectivity index (χ0n) is 41.1. The summed E-state index contributed by atoms with van der Waals surface area (Å²) in [4.78, 5) is 38.0. The maximum absolute atomic E-state index is 12.8. The van der Waals surface area contributed by atoms with Crippen LogP contribution >= 0.6 is 0 Å². The molecular weight excluding hydrogens is 781 g/mol. The van der Waals surface area contributed by atoms with Crippen LogP contribution in [0.3, 0.4) is 0 Å². The van der Waals surface area contributed by atoms with E-state index < -0.39 is 6.10 Å². The number of hydrogen-bond acceptors (Lipinski definition) is 6. The second kappa shape index (κ2) is 51.2. The summed E-state index contributed by atoms with van der Waals surface area (Å²) in [5.74, 6) is -0.937. The van der Waals surface area contributed by atoms with Gasteiger partial charge in [-0.15, -0.1) is 0 Å². The van der Waals surface area contributed by atoms with Crippen LogP contribution in [0, 0.1) is 0 Å². The number of rotatable bonds is 46. The fourth-order valence-electron chi connectivity index (χ4n) is 6.97. The number of allylic oxidation sites excluding steroid dienone is 14. The molecular formula is C57H96O6. The first-order valence-electron chi connectivity index (χ1n) is 26.1. The quantitative estimate of drug-likeness (QED) is 0.0199. The van der Waals surface area contributed by atoms with Crippen LogP contribution < -0.4 is 0 Å². The van der Waals surface area contributed by atoms with Crippen molar-refractivity contribution in [3.8, 4) is 0 Å². The number of hydrogen-bond donors (Lipinski definition) is 0. The van der Waals surface area contributed by atoms with E-state index in [1.807, 2.05) is 0 Å². The average molecular weight is 877 g/mol. The average Bonchev–Trinajstić information content (AvgIpc) is 3.28. The lowest BCUT2D eigenvalue weighted by Crippen LogP contribution is -2.30. The molecule has 0 aliphatic rings. The Hall–Kier alpha value is -3.41. The molecule has 0 saturated heterocycles. The van der Waals surface area contributed by atoms with Gasteiger partial charge in [-0.1, -0.05) is 209 Å². The molecule has 0 aromatic carbocycles. The zero-order chi connectivity index (χ0) is 45.8. The smallest absolute Gasteiger partial charge is 0.306 e. The van der Waals surface area contributed by atoms with Crippen molar-refractivity contribution in [2.75, 3.05) is 13.2 Å². The molecule has 360 valence electrons. The van der Waals surface area contributed by atoms with Gasteiger partial charge in [0.2, 0.25) is 0 Å². The van der Waals surface area contributed by atoms with Gasteiger partial charge in [0, 0.05) is 19.3 Å². The SMILES string of the molecule is CC/C=C\C/C=C\C/C=C\CCCCCCCCC(=O)OC(COC(=O)CCCCCCC\C=C/C=C\C=C/CCCCCCC)COC(=O)CCCCCCC/C=C\CCCC. The molecule has 0 bridgehead atoms. The summed E-state index contributed by atoms with van der Waals surface area (Å²) in [5.41, 5.74) is 0. The monoisotopic (exact) mass is 877 g/mol. The van der Waals surface area contributed by atoms with Gasteiger partial charge in [-0.05, 0) is 96.3 Å². The topological polar surface area (TPSA) is 78.9 Å². The maximum Gasteiger partial charge on any atom is 0.306 e. The molecule has 0 aliphatic heterocycles. The van der Waals surface area contributed by atoms with Crippen LogP contribution in [0.25, 0.3) is 0 Å². The standard InChI is InChI=1S/C57H96O6/c1-4-7-10-13-16-19-22-24-26-28-29-31-32-35-38-41-44-47-50-56(59)62-53-54(52-61-55(58)49-46-43-40-37-34-21-18-15-12-9-6-3)63-57(60)51-48-45-42-39-36-33-30-27-25-23-20-17-14-11-8-5-2/h8,11,15,17-18,20,22,24-29,31,54H,4-7,9-10,12-14,16,19,21,23,30,32-53H2,1-3H3/b11-8-,18-15-,20-17-,24-22-,27-25-,28-26-,31-29-. The number of carbonyl (C=O) groups is 3. The van der Waals surface area contributed by atoms with E-state index in [2.05, 4.69) is 106 Å². The largest absolute Gasteiger partial charge is 0.462 e. The van der Waals surface area contributed by atoms with Crippen molar-refractivity contribution in [3.05, 3.63) is 85.1 Å². The minimum Gasteiger partial charge on any atom is -0.462 e. The Morgan fingerprint density at radius 1 is 0.349 bits per heavy atom. The minimum absolute atomic E-state index is 0.0939. The van der Waals surface area contributed by atoms with Crippen molar-refractivity contribution in [1.29, 1.82) is 0 Å². The predicted octanol–water partition coefficient (Wildman–Crippen LogP) is 17.2. The summed E-state index contributed by atoms with van der Waals surface area (Å²) in [6, 6.07) is 0. The number of unbranched alkanes of at least 4 members (excludes halogenated alkanes) is 23. The fraction of sp³-hybridized carbons (Fsp3) is 0.702. The Bertz CT molecular complexity index is 1240. The molecule has 0 N–H and O–H groups in total. The Labute approximate surface area is 388 Å². The fourth-order valence-corrected chi connectivity index (χ4v) is 6.97. The van der Waals surface area contributed by atoms with Gasteiger partial charge in [0.25, 0.3) is 0 Å². The van der Waals surface area contributed by atoms with Gasteiger partial charge >= 0.3 is 17.9 Å². The van der Waals surface area contributed by atoms with E-state index in [0.29, 0.717) is 19.3 Å². The first-order chi connectivity index (χ1) is 31.0. The van der Waals surface area contributed by atoms with E-state index in [0.717, 1.165) is 128 Å². The lowest BCUT2D eigenvalue weighted by molar-refractivity contribution is -0.167. The van der Waals surface area contributed by atoms with Crippen LogP contribution in [0.15, 0.2) is 85.1 Å². The molecule has 0 radical (unpaired) electrons. The molecule has 1 atom stereocenters. The number of esters is 3. The van der Waals surface area contributed by atoms with Gasteiger partial charge in [0.05, 0.1) is 0 Å². The molecule has 0 heterocycles. The van der Waals surface area contributed by atoms with Crippen LogP contribution in [-0.2, 0) is 28.6 Å². The molecule has 0 spiro atoms. The molecule has 6 heteroatoms. The van der Waals surface area contributed by atoms with E-state index >= 15 is 0 Å². The molecule has 1 unspecified atom stereocenters. The highest BCUT2D eigenvalue weighted by molar-refractivity contribution is 5.71. The molecule has 6 nitrogen and oxygen atoms in total. The Morgan fingerprint density at radius 2 is 0.698 bits per heavy atom. The first-order valence-corrected chi connectivity index (χ1v) is 26.1. The Balaban J connectivity index is 4.44. The number of carbonyl (C=O) groups excluding carboxylic acids is 3. The van der Waals surface area contributed by atoms with Gasteiger partial charge in [-0.3, -0.25) is 14.4 Å². The van der Waals surface area contributed by atoms with Crippen LogP contribution in [0.2, 0.25) is 0 Å². The lowest BCUT2D eigenvalue weighted by Gasteiger charge is -2.18. The molecule has 0 saturated carbocycles. The number of ether oxygens (including phenoxy) is 3. The Kier molecular flexibility index (Phi) is 48.5. The van der Waals surface area contributed by atoms with Crippen LogP contribution in [0.5, 0.6) is 0 Å². The highest BCUT2D eigenvalue weighted by atomic mass is 16.6. The third kappa shape index (κ3) is 49.5. The third-order valence-corrected chi connectivity index (χ3v) is 10.9. The molecule has 0 aromatic heterocycles. The summed E-state index contributed by atoms with van der Waals surface area (Å²) in [6.45, 7) is 6.43. The molecule has 0 fully saturated rings. The van der Waals surface area contributed by atoms with Gasteiger partial charge in [0.1, 0.15) is 13.2 Å². The van der Waals surface area contributed by atoms with E-state index in [1.54, 1.807) is 0 Å². The maximum atomic E-state index is 12.8. The van der Waals surface area contributed by atoms with E-state index in [4.69, 9.17) is 14.2 Å². The second-order valence-electron chi connectivity index (χ2n) is 17.1. The molecule has 0 aromatic rings. The van der Waals surface area contributed by atoms with Crippen LogP contribution in [0.1, 0.15) is 239 Å². The van der Waals surface area contributed by atoms with Crippen molar-refractivity contribution in [2.45, 2.75) is 245 Å². The van der Waals surface area contributed by atoms with Gasteiger partial charge in [-0.2, -0.15) is 0 Å². The summed E-state index contributed by atoms with van der Waals surface area (Å²) in [7, 11) is 0. The van der Waals surface area contributed by atoms with E-state index in [1.165, 1.54) is 70.6 Å². The van der Waals surface area contributed by atoms with Crippen molar-refractivity contribution >= 4 is 17.9 Å². The van der Waals surface area contributed by atoms with E-state index in [9.17, 15) is 14.4 Å². The predicted molar refractivity (Wildman–Crippen MR) is 270 cm³/mol. The zero-order valence-corrected chi connectivity index (χ0v) is 41.1. The minimum atomic E-state index is -0.795. The van der Waals surface area contributed by atoms with Gasteiger partial charge < -0.3 is 14.2 Å². The summed E-state index contributed by atoms with van der Waals surface area (Å²) in [6.07, 6.45) is 65.6. The van der Waals surface area contributed by atoms with E-state index in [-0.39, 0.29) is 31.1 Å². The van der Waals surface area contributed by atoms with Crippen LogP contribution in [0.4, 0.5) is 0 Å². The molecule has 0 rings (SSSR count). The second-order valence-corrected chi connectivity index (χ2v) is 17.1. The molecule has 0 aliphatic carbocycles. The first kappa shape index (κ1) is 59.6. The summed E-state index contributed by atoms with van der Waals surface area (Å²) < 4.78 is 16.8. The highest BCUT2D eigenvalue weighted by Crippen LogP contribution is 2.13. The van der Waals surface area contributed by atoms with Gasteiger partial charge in [-0.25, -0.2) is 0 Å². The Morgan fingerprint density at radius 3 is 1.16 bits per heavy atom. The van der Waals surface area contributed by atoms with Crippen molar-refractivity contribution in [2.24, 2.45) is 0 Å².